The van der Waals surface area contributed by atoms with E-state index in [1.54, 1.807) is 4.90 Å². The van der Waals surface area contributed by atoms with Crippen molar-refractivity contribution in [1.82, 2.24) is 10.2 Å². The van der Waals surface area contributed by atoms with Gasteiger partial charge in [0.2, 0.25) is 11.8 Å². The first-order chi connectivity index (χ1) is 16.9. The topological polar surface area (TPSA) is 84.9 Å². The lowest BCUT2D eigenvalue weighted by Gasteiger charge is -2.53. The van der Waals surface area contributed by atoms with Crippen LogP contribution in [0, 0.1) is 22.7 Å². The fourth-order valence-corrected chi connectivity index (χ4v) is 5.17. The first-order valence-corrected chi connectivity index (χ1v) is 13.0. The van der Waals surface area contributed by atoms with Crippen LogP contribution in [0.25, 0.3) is 0 Å². The van der Waals surface area contributed by atoms with Crippen molar-refractivity contribution >= 4 is 17.8 Å². The molecule has 0 unspecified atom stereocenters. The summed E-state index contributed by atoms with van der Waals surface area (Å²) in [7, 11) is 1.36. The van der Waals surface area contributed by atoms with Crippen LogP contribution < -0.4 is 5.32 Å². The number of methoxy groups -OCH3 is 1. The molecule has 198 valence electrons. The van der Waals surface area contributed by atoms with Gasteiger partial charge in [0.05, 0.1) is 25.9 Å². The van der Waals surface area contributed by atoms with Crippen LogP contribution >= 0.6 is 0 Å². The molecule has 0 spiro atoms. The molecular weight excluding hydrogens is 456 g/mol. The number of hydrogen-bond donors (Lipinski definition) is 1. The average Bonchev–Trinajstić information content (AvgIpc) is 2.81. The van der Waals surface area contributed by atoms with Crippen LogP contribution in [0.1, 0.15) is 66.4 Å². The molecule has 7 nitrogen and oxygen atoms in total. The van der Waals surface area contributed by atoms with E-state index < -0.39 is 23.4 Å². The summed E-state index contributed by atoms with van der Waals surface area (Å²) in [5, 5.41) is 2.94. The summed E-state index contributed by atoms with van der Waals surface area (Å²) in [6, 6.07) is 9.70. The molecule has 1 fully saturated rings. The van der Waals surface area contributed by atoms with Crippen LogP contribution in [0.3, 0.4) is 0 Å². The molecule has 2 amide bonds. The van der Waals surface area contributed by atoms with Crippen LogP contribution in [0.2, 0.25) is 0 Å². The Labute approximate surface area is 215 Å². The molecule has 3 rings (SSSR count). The molecule has 1 aromatic rings. The lowest BCUT2D eigenvalue weighted by Crippen LogP contribution is -2.61. The number of amides is 2. The first kappa shape index (κ1) is 27.9. The highest BCUT2D eigenvalue weighted by molar-refractivity contribution is 5.92. The Morgan fingerprint density at radius 2 is 1.89 bits per heavy atom. The number of hydrogen-bond acceptors (Lipinski definition) is 5. The molecule has 1 N–H and O–H groups in total. The molecule has 0 aromatic heterocycles. The number of carbonyl (C=O) groups is 3. The maximum absolute atomic E-state index is 13.9. The molecule has 2 heterocycles. The summed E-state index contributed by atoms with van der Waals surface area (Å²) in [4.78, 5) is 41.9. The van der Waals surface area contributed by atoms with Gasteiger partial charge in [-0.05, 0) is 42.7 Å². The van der Waals surface area contributed by atoms with E-state index in [9.17, 15) is 14.4 Å². The van der Waals surface area contributed by atoms with Crippen molar-refractivity contribution in [2.45, 2.75) is 79.6 Å². The third-order valence-corrected chi connectivity index (χ3v) is 7.35. The monoisotopic (exact) mass is 498 g/mol. The Morgan fingerprint density at radius 1 is 1.22 bits per heavy atom. The van der Waals surface area contributed by atoms with Crippen LogP contribution in [0.15, 0.2) is 42.1 Å². The molecule has 7 heteroatoms. The minimum Gasteiger partial charge on any atom is -0.468 e. The van der Waals surface area contributed by atoms with Gasteiger partial charge in [-0.1, -0.05) is 65.0 Å². The van der Waals surface area contributed by atoms with Gasteiger partial charge in [-0.2, -0.15) is 0 Å². The quantitative estimate of drug-likeness (QED) is 0.535. The van der Waals surface area contributed by atoms with E-state index in [0.29, 0.717) is 24.7 Å². The van der Waals surface area contributed by atoms with E-state index in [2.05, 4.69) is 39.9 Å². The minimum absolute atomic E-state index is 0.0175. The van der Waals surface area contributed by atoms with E-state index in [1.807, 2.05) is 43.3 Å². The number of likely N-dealkylation sites (tertiary alicyclic amines) is 1. The smallest absolute Gasteiger partial charge is 0.320 e. The number of piperidine rings is 1. The number of nitrogens with zero attached hydrogens (tertiary/aromatic N) is 1. The molecular formula is C29H42N2O5. The lowest BCUT2D eigenvalue weighted by atomic mass is 9.65. The molecule has 1 saturated heterocycles. The molecule has 1 aromatic carbocycles. The SMILES string of the molecule is COC(=O)[C@]12C[C@H](CC(=O)NCCC(C)C)C(=O)N(Cc3ccccc3)C1=C[C@H](C(C)(C)C)O[C@@H]2C. The largest absolute Gasteiger partial charge is 0.468 e. The summed E-state index contributed by atoms with van der Waals surface area (Å²) in [5.41, 5.74) is 0.151. The number of fused-ring (bicyclic) bond motifs is 1. The van der Waals surface area contributed by atoms with E-state index >= 15 is 0 Å². The van der Waals surface area contributed by atoms with Crippen molar-refractivity contribution < 1.29 is 23.9 Å². The molecule has 0 radical (unpaired) electrons. The summed E-state index contributed by atoms with van der Waals surface area (Å²) in [6.07, 6.45) is 2.16. The summed E-state index contributed by atoms with van der Waals surface area (Å²) in [5.74, 6) is -0.969. The van der Waals surface area contributed by atoms with Crippen molar-refractivity contribution in [2.24, 2.45) is 22.7 Å². The number of ether oxygens (including phenoxy) is 2. The normalized spacial score (nSPS) is 26.3. The number of rotatable bonds is 8. The Balaban J connectivity index is 2.04. The third-order valence-electron chi connectivity index (χ3n) is 7.35. The van der Waals surface area contributed by atoms with Gasteiger partial charge in [0.1, 0.15) is 5.41 Å². The van der Waals surface area contributed by atoms with Gasteiger partial charge >= 0.3 is 5.97 Å². The predicted octanol–water partition coefficient (Wildman–Crippen LogP) is 4.46. The number of nitrogens with one attached hydrogen (secondary N) is 1. The zero-order chi connectivity index (χ0) is 26.7. The zero-order valence-corrected chi connectivity index (χ0v) is 22.8. The molecule has 36 heavy (non-hydrogen) atoms. The Morgan fingerprint density at radius 3 is 2.47 bits per heavy atom. The highest BCUT2D eigenvalue weighted by Gasteiger charge is 2.60. The number of esters is 1. The highest BCUT2D eigenvalue weighted by Crippen LogP contribution is 2.52. The molecule has 0 bridgehead atoms. The van der Waals surface area contributed by atoms with Gasteiger partial charge in [0.15, 0.2) is 0 Å². The first-order valence-electron chi connectivity index (χ1n) is 13.0. The summed E-state index contributed by atoms with van der Waals surface area (Å²) < 4.78 is 11.7. The summed E-state index contributed by atoms with van der Waals surface area (Å²) >= 11 is 0. The molecule has 2 aliphatic heterocycles. The fourth-order valence-electron chi connectivity index (χ4n) is 5.17. The summed E-state index contributed by atoms with van der Waals surface area (Å²) in [6.45, 7) is 13.2. The predicted molar refractivity (Wildman–Crippen MR) is 139 cm³/mol. The number of carbonyl (C=O) groups excluding carboxylic acids is 3. The second-order valence-electron chi connectivity index (χ2n) is 11.6. The van der Waals surface area contributed by atoms with Crippen molar-refractivity contribution in [3.63, 3.8) is 0 Å². The average molecular weight is 499 g/mol. The Kier molecular flexibility index (Phi) is 8.65. The van der Waals surface area contributed by atoms with Crippen LogP contribution in [-0.2, 0) is 30.4 Å². The Hall–Kier alpha value is -2.67. The van der Waals surface area contributed by atoms with Crippen molar-refractivity contribution in [3.8, 4) is 0 Å². The van der Waals surface area contributed by atoms with Gasteiger partial charge in [-0.15, -0.1) is 0 Å². The second kappa shape index (κ2) is 11.2. The van der Waals surface area contributed by atoms with Crippen molar-refractivity contribution in [2.75, 3.05) is 13.7 Å². The van der Waals surface area contributed by atoms with Gasteiger partial charge in [-0.3, -0.25) is 14.4 Å². The van der Waals surface area contributed by atoms with Crippen LogP contribution in [-0.4, -0.2) is 48.5 Å². The van der Waals surface area contributed by atoms with E-state index in [-0.39, 0.29) is 36.2 Å². The van der Waals surface area contributed by atoms with E-state index in [1.165, 1.54) is 7.11 Å². The second-order valence-corrected chi connectivity index (χ2v) is 11.6. The Bertz CT molecular complexity index is 981. The fraction of sp³-hybridized carbons (Fsp3) is 0.621. The maximum atomic E-state index is 13.9. The minimum atomic E-state index is -1.18. The molecule has 0 saturated carbocycles. The molecule has 4 atom stereocenters. The maximum Gasteiger partial charge on any atom is 0.320 e. The highest BCUT2D eigenvalue weighted by atomic mass is 16.5. The van der Waals surface area contributed by atoms with Crippen molar-refractivity contribution in [3.05, 3.63) is 47.7 Å². The third kappa shape index (κ3) is 5.83. The standard InChI is InChI=1S/C29H42N2O5/c1-19(2)13-14-30-25(32)15-22-17-29(27(34)35-7)20(3)36-24(28(4,5)6)16-23(29)31(26(22)33)18-21-11-9-8-10-12-21/h8-12,16,19-20,22,24H,13-15,17-18H2,1-7H3,(H,30,32)/t20-,22+,24-,29+/m1/s1. The molecule has 0 aliphatic carbocycles. The van der Waals surface area contributed by atoms with Crippen molar-refractivity contribution in [1.29, 1.82) is 0 Å². The van der Waals surface area contributed by atoms with E-state index in [0.717, 1.165) is 12.0 Å². The zero-order valence-electron chi connectivity index (χ0n) is 22.8. The van der Waals surface area contributed by atoms with Gasteiger partial charge in [0, 0.05) is 24.6 Å². The van der Waals surface area contributed by atoms with Gasteiger partial charge in [-0.25, -0.2) is 0 Å². The lowest BCUT2D eigenvalue weighted by molar-refractivity contribution is -0.180. The van der Waals surface area contributed by atoms with Gasteiger partial charge < -0.3 is 19.7 Å². The van der Waals surface area contributed by atoms with E-state index in [4.69, 9.17) is 9.47 Å². The van der Waals surface area contributed by atoms with Gasteiger partial charge in [0.25, 0.3) is 0 Å². The molecule has 2 aliphatic rings. The number of benzene rings is 1. The van der Waals surface area contributed by atoms with Crippen LogP contribution in [0.4, 0.5) is 0 Å². The van der Waals surface area contributed by atoms with Crippen LogP contribution in [0.5, 0.6) is 0 Å².